The van der Waals surface area contributed by atoms with Crippen molar-refractivity contribution in [3.8, 4) is 0 Å². The fourth-order valence-electron chi connectivity index (χ4n) is 0.534. The summed E-state index contributed by atoms with van der Waals surface area (Å²) >= 11 is 0. The van der Waals surface area contributed by atoms with Crippen molar-refractivity contribution in [1.82, 2.24) is 0 Å². The smallest absolute Gasteiger partial charge is 1.00 e. The van der Waals surface area contributed by atoms with Crippen LogP contribution in [0.15, 0.2) is 30.3 Å². The third-order valence-corrected chi connectivity index (χ3v) is 0.940. The molecule has 0 aromatic heterocycles. The molecule has 0 spiro atoms. The van der Waals surface area contributed by atoms with Crippen molar-refractivity contribution < 1.29 is 116 Å². The zero-order valence-corrected chi connectivity index (χ0v) is 15.9. The molecule has 0 aliphatic rings. The molecule has 0 saturated heterocycles. The Balaban J connectivity index is -0.0000000661. The molecule has 0 bridgehead atoms. The van der Waals surface area contributed by atoms with Crippen molar-refractivity contribution in [1.29, 1.82) is 0 Å². The van der Waals surface area contributed by atoms with Gasteiger partial charge in [-0.3, -0.25) is 0 Å². The first-order chi connectivity index (χ1) is 9.39. The molecule has 1 rings (SSSR count). The topological polar surface area (TPSA) is 0 Å². The zero-order chi connectivity index (χ0) is 18.6. The first-order valence-corrected chi connectivity index (χ1v) is 5.03. The Hall–Kier alpha value is 0.501. The summed E-state index contributed by atoms with van der Waals surface area (Å²) in [6, 6.07) is 10.3. The maximum Gasteiger partial charge on any atom is 1.00 e. The average Bonchev–Trinajstić information content (AvgIpc) is 2.09. The normalized spacial score (nSPS) is 10.0. The molecule has 0 unspecified atom stereocenters. The van der Waals surface area contributed by atoms with Gasteiger partial charge in [-0.2, -0.15) is 0 Å². The van der Waals surface area contributed by atoms with Crippen LogP contribution in [0.2, 0.25) is 0 Å². The second-order valence-electron chi connectivity index (χ2n) is 3.14. The van der Waals surface area contributed by atoms with Crippen LogP contribution in [0.1, 0.15) is 5.56 Å². The summed E-state index contributed by atoms with van der Waals surface area (Å²) in [7, 11) is -18.0. The molecule has 0 amide bonds. The van der Waals surface area contributed by atoms with Crippen LogP contribution in [-0.2, 0) is 0 Å². The molecule has 0 fully saturated rings. The van der Waals surface area contributed by atoms with E-state index < -0.39 is 21.8 Å². The predicted molar refractivity (Wildman–Crippen MR) is 61.7 cm³/mol. The number of benzene rings is 1. The quantitative estimate of drug-likeness (QED) is 0.401. The molecule has 140 valence electrons. The monoisotopic (exact) mass is 427 g/mol. The van der Waals surface area contributed by atoms with E-state index in [9.17, 15) is 51.8 Å². The molecule has 0 atom stereocenters. The van der Waals surface area contributed by atoms with Crippen LogP contribution in [0.3, 0.4) is 0 Å². The van der Waals surface area contributed by atoms with Crippen LogP contribution in [0.5, 0.6) is 0 Å². The van der Waals surface area contributed by atoms with E-state index in [4.69, 9.17) is 0 Å². The number of aryl methyl sites for hydroxylation is 1. The summed E-state index contributed by atoms with van der Waals surface area (Å²) in [4.78, 5) is 0. The number of hydrogen-bond donors (Lipinski definition) is 0. The van der Waals surface area contributed by atoms with Crippen LogP contribution in [0, 0.1) is 6.92 Å². The van der Waals surface area contributed by atoms with E-state index in [-0.39, 0.29) is 63.8 Å². The molecule has 0 nitrogen and oxygen atoms in total. The van der Waals surface area contributed by atoms with Gasteiger partial charge in [0.15, 0.2) is 0 Å². The van der Waals surface area contributed by atoms with E-state index in [0.717, 1.165) is 0 Å². The molecule has 0 heterocycles. The molecule has 0 aliphatic carbocycles. The molecule has 1 aromatic rings. The molecule has 0 N–H and O–H groups in total. The summed E-state index contributed by atoms with van der Waals surface area (Å²) in [6.07, 6.45) is 0. The summed E-state index contributed by atoms with van der Waals surface area (Å²) < 4.78 is 117. The van der Waals surface area contributed by atoms with Crippen molar-refractivity contribution in [2.45, 2.75) is 6.92 Å². The Morgan fingerprint density at radius 2 is 0.708 bits per heavy atom. The Kier molecular flexibility index (Phi) is 25.1. The Morgan fingerprint density at radius 1 is 0.542 bits per heavy atom. The van der Waals surface area contributed by atoms with E-state index in [1.807, 2.05) is 18.2 Å². The van der Waals surface area contributed by atoms with Gasteiger partial charge in [0.1, 0.15) is 0 Å². The van der Waals surface area contributed by atoms with Crippen molar-refractivity contribution in [3.63, 3.8) is 0 Å². The van der Waals surface area contributed by atoms with Gasteiger partial charge in [0.25, 0.3) is 0 Å². The van der Waals surface area contributed by atoms with E-state index in [1.54, 1.807) is 0 Å². The summed E-state index contributed by atoms with van der Waals surface area (Å²) in [5.74, 6) is 0. The minimum absolute atomic E-state index is 0. The van der Waals surface area contributed by atoms with Crippen molar-refractivity contribution >= 4 is 21.8 Å². The van der Waals surface area contributed by atoms with Crippen molar-refractivity contribution in [3.05, 3.63) is 35.9 Å². The fraction of sp³-hybridized carbons (Fsp3) is 0.143. The van der Waals surface area contributed by atoms with Gasteiger partial charge in [-0.1, -0.05) is 35.9 Å². The molecular weight excluding hydrogens is 419 g/mol. The molecular formula is C7H8B3ClF12K-3. The summed E-state index contributed by atoms with van der Waals surface area (Å²) in [6.45, 7) is 2.08. The van der Waals surface area contributed by atoms with Crippen LogP contribution in [0.4, 0.5) is 51.8 Å². The van der Waals surface area contributed by atoms with Crippen molar-refractivity contribution in [2.24, 2.45) is 0 Å². The van der Waals surface area contributed by atoms with E-state index >= 15 is 0 Å². The zero-order valence-electron chi connectivity index (χ0n) is 12.0. The minimum atomic E-state index is -6.00. The van der Waals surface area contributed by atoms with E-state index in [2.05, 4.69) is 19.1 Å². The Morgan fingerprint density at radius 3 is 0.792 bits per heavy atom. The van der Waals surface area contributed by atoms with E-state index in [0.29, 0.717) is 0 Å². The van der Waals surface area contributed by atoms with Crippen molar-refractivity contribution in [2.75, 3.05) is 0 Å². The van der Waals surface area contributed by atoms with Gasteiger partial charge in [0.05, 0.1) is 0 Å². The summed E-state index contributed by atoms with van der Waals surface area (Å²) in [5, 5.41) is 0. The second kappa shape index (κ2) is 16.9. The van der Waals surface area contributed by atoms with Gasteiger partial charge in [0, 0.05) is 0 Å². The first-order valence-electron chi connectivity index (χ1n) is 5.03. The molecule has 1 aromatic carbocycles. The second-order valence-corrected chi connectivity index (χ2v) is 3.14. The molecule has 17 heteroatoms. The third kappa shape index (κ3) is 144. The first kappa shape index (κ1) is 35.6. The Bertz CT molecular complexity index is 321. The maximum absolute atomic E-state index is 9.75. The van der Waals surface area contributed by atoms with Gasteiger partial charge < -0.3 is 64.2 Å². The molecule has 0 aliphatic heterocycles. The van der Waals surface area contributed by atoms with Crippen LogP contribution < -0.4 is 63.8 Å². The molecule has 0 saturated carbocycles. The van der Waals surface area contributed by atoms with Gasteiger partial charge in [0.2, 0.25) is 0 Å². The van der Waals surface area contributed by atoms with Crippen LogP contribution >= 0.6 is 0 Å². The van der Waals surface area contributed by atoms with Crippen LogP contribution in [-0.4, -0.2) is 21.8 Å². The standard InChI is InChI=1S/C7H8.3BF4.ClH.K/c1-7-5-3-2-4-6-7;3*2-1(3,4)5;;/h2-6H,1H3;;;;1H;/q;3*-1;;+1/p-1. The number of rotatable bonds is 0. The fourth-order valence-corrected chi connectivity index (χ4v) is 0.534. The SMILES string of the molecule is Cc1ccccc1.F[B-](F)(F)F.F[B-](F)(F)F.F[B-](F)(F)F.[Cl-].[K+]. The summed E-state index contributed by atoms with van der Waals surface area (Å²) in [5.41, 5.74) is 1.32. The molecule has 24 heavy (non-hydrogen) atoms. The predicted octanol–water partition coefficient (Wildman–Crippen LogP) is -0.0970. The number of hydrogen-bond acceptors (Lipinski definition) is 0. The van der Waals surface area contributed by atoms with E-state index in [1.165, 1.54) is 5.56 Å². The van der Waals surface area contributed by atoms with Gasteiger partial charge >= 0.3 is 73.1 Å². The largest absolute Gasteiger partial charge is 1.00 e. The Labute approximate surface area is 178 Å². The van der Waals surface area contributed by atoms with Crippen LogP contribution in [0.25, 0.3) is 0 Å². The average molecular weight is 427 g/mol. The maximum atomic E-state index is 9.75. The molecule has 0 radical (unpaired) electrons. The van der Waals surface area contributed by atoms with Gasteiger partial charge in [-0.25, -0.2) is 0 Å². The van der Waals surface area contributed by atoms with Gasteiger partial charge in [-0.15, -0.1) is 0 Å². The minimum Gasteiger partial charge on any atom is -1.00 e. The number of halogens is 13. The third-order valence-electron chi connectivity index (χ3n) is 0.940. The van der Waals surface area contributed by atoms with Gasteiger partial charge in [-0.05, 0) is 6.92 Å².